The zero-order valence-corrected chi connectivity index (χ0v) is 21.8. The van der Waals surface area contributed by atoms with Crippen LogP contribution in [0.1, 0.15) is 17.3 Å². The molecule has 0 unspecified atom stereocenters. The van der Waals surface area contributed by atoms with Crippen LogP contribution in [0, 0.1) is 0 Å². The maximum Gasteiger partial charge on any atom is 0.262 e. The highest BCUT2D eigenvalue weighted by Gasteiger charge is 2.19. The van der Waals surface area contributed by atoms with E-state index in [9.17, 15) is 21.6 Å². The van der Waals surface area contributed by atoms with Crippen molar-refractivity contribution >= 4 is 43.0 Å². The minimum atomic E-state index is -3.95. The molecule has 12 heteroatoms. The summed E-state index contributed by atoms with van der Waals surface area (Å²) in [5.41, 5.74) is 1.34. The molecule has 192 valence electrons. The van der Waals surface area contributed by atoms with Crippen molar-refractivity contribution in [1.29, 1.82) is 0 Å². The highest BCUT2D eigenvalue weighted by atomic mass is 32.2. The molecule has 0 radical (unpaired) electrons. The second-order valence-corrected chi connectivity index (χ2v) is 11.5. The zero-order chi connectivity index (χ0) is 26.5. The molecule has 0 aliphatic rings. The van der Waals surface area contributed by atoms with E-state index in [1.165, 1.54) is 75.9 Å². The normalized spacial score (nSPS) is 11.4. The lowest BCUT2D eigenvalue weighted by Crippen LogP contribution is -2.28. The van der Waals surface area contributed by atoms with Crippen molar-refractivity contribution in [3.05, 3.63) is 72.3 Å². The van der Waals surface area contributed by atoms with Gasteiger partial charge in [-0.15, -0.1) is 0 Å². The number of carbonyl (C=O) groups is 1. The van der Waals surface area contributed by atoms with Crippen molar-refractivity contribution in [2.24, 2.45) is 0 Å². The fourth-order valence-corrected chi connectivity index (χ4v) is 5.09. The third-order valence-corrected chi connectivity index (χ3v) is 8.50. The molecule has 10 nitrogen and oxygen atoms in total. The van der Waals surface area contributed by atoms with Gasteiger partial charge >= 0.3 is 0 Å². The predicted molar refractivity (Wildman–Crippen MR) is 139 cm³/mol. The number of carbonyl (C=O) groups excluding carboxylic acids is 1. The minimum Gasteiger partial charge on any atom is -0.497 e. The van der Waals surface area contributed by atoms with Crippen LogP contribution in [0.25, 0.3) is 0 Å². The van der Waals surface area contributed by atoms with Crippen LogP contribution in [0.5, 0.6) is 11.5 Å². The highest BCUT2D eigenvalue weighted by molar-refractivity contribution is 7.93. The van der Waals surface area contributed by atoms with Crippen LogP contribution in [0.4, 0.5) is 17.1 Å². The van der Waals surface area contributed by atoms with E-state index in [1.54, 1.807) is 19.1 Å². The van der Waals surface area contributed by atoms with Crippen LogP contribution in [-0.2, 0) is 20.0 Å². The molecule has 36 heavy (non-hydrogen) atoms. The Bertz CT molecular complexity index is 1440. The maximum atomic E-state index is 12.9. The molecule has 0 spiro atoms. The Morgan fingerprint density at radius 2 is 1.53 bits per heavy atom. The summed E-state index contributed by atoms with van der Waals surface area (Å²) in [5.74, 6) is 0.309. The quantitative estimate of drug-likeness (QED) is 0.407. The summed E-state index contributed by atoms with van der Waals surface area (Å²) in [6.45, 7) is 1.55. The molecule has 3 aromatic carbocycles. The summed E-state index contributed by atoms with van der Waals surface area (Å²) in [7, 11) is -3.02. The Balaban J connectivity index is 1.72. The lowest BCUT2D eigenvalue weighted by atomic mass is 10.2. The second-order valence-electron chi connectivity index (χ2n) is 7.57. The van der Waals surface area contributed by atoms with E-state index >= 15 is 0 Å². The number of anilines is 3. The van der Waals surface area contributed by atoms with Gasteiger partial charge < -0.3 is 14.8 Å². The first kappa shape index (κ1) is 26.8. The summed E-state index contributed by atoms with van der Waals surface area (Å²) in [5, 5.41) is 2.69. The van der Waals surface area contributed by atoms with Gasteiger partial charge in [-0.2, -0.15) is 0 Å². The van der Waals surface area contributed by atoms with E-state index in [0.717, 1.165) is 4.31 Å². The third kappa shape index (κ3) is 6.07. The van der Waals surface area contributed by atoms with Gasteiger partial charge in [0.2, 0.25) is 10.0 Å². The molecule has 0 aliphatic carbocycles. The minimum absolute atomic E-state index is 0.0186. The van der Waals surface area contributed by atoms with E-state index in [4.69, 9.17) is 9.47 Å². The van der Waals surface area contributed by atoms with Crippen molar-refractivity contribution in [2.45, 2.75) is 11.8 Å². The molecule has 0 heterocycles. The van der Waals surface area contributed by atoms with Gasteiger partial charge in [0.25, 0.3) is 15.9 Å². The topological polar surface area (TPSA) is 131 Å². The van der Waals surface area contributed by atoms with Crippen molar-refractivity contribution in [2.75, 3.05) is 41.4 Å². The molecule has 0 saturated heterocycles. The first-order valence-electron chi connectivity index (χ1n) is 10.7. The van der Waals surface area contributed by atoms with Crippen LogP contribution in [0.2, 0.25) is 0 Å². The SMILES string of the molecule is CCS(=O)(=O)N(C)c1ccc(C(=O)Nc2ccc(S(=O)(=O)Nc3cc(OC)ccc3OC)cc2)cc1. The third-order valence-electron chi connectivity index (χ3n) is 5.35. The Kier molecular flexibility index (Phi) is 8.10. The zero-order valence-electron chi connectivity index (χ0n) is 20.2. The number of hydrogen-bond donors (Lipinski definition) is 2. The van der Waals surface area contributed by atoms with Gasteiger partial charge in [0.15, 0.2) is 0 Å². The highest BCUT2D eigenvalue weighted by Crippen LogP contribution is 2.31. The van der Waals surface area contributed by atoms with Crippen molar-refractivity contribution in [1.82, 2.24) is 0 Å². The van der Waals surface area contributed by atoms with Crippen LogP contribution in [0.3, 0.4) is 0 Å². The van der Waals surface area contributed by atoms with Crippen LogP contribution >= 0.6 is 0 Å². The summed E-state index contributed by atoms with van der Waals surface area (Å²) in [6.07, 6.45) is 0. The standard InChI is InChI=1S/C24H27N3O7S2/c1-5-35(29,30)27(2)19-10-6-17(7-11-19)24(28)25-18-8-13-21(14-9-18)36(31,32)26-22-16-20(33-3)12-15-23(22)34-4/h6-16,26H,5H2,1-4H3,(H,25,28). The van der Waals surface area contributed by atoms with Crippen molar-refractivity contribution in [3.63, 3.8) is 0 Å². The predicted octanol–water partition coefficient (Wildman–Crippen LogP) is 3.54. The van der Waals surface area contributed by atoms with Gasteiger partial charge in [0.05, 0.1) is 36.2 Å². The number of hydrogen-bond acceptors (Lipinski definition) is 7. The summed E-state index contributed by atoms with van der Waals surface area (Å²) in [6, 6.07) is 16.5. The molecule has 0 saturated carbocycles. The number of sulfonamides is 2. The Morgan fingerprint density at radius 3 is 2.08 bits per heavy atom. The number of ether oxygens (including phenoxy) is 2. The molecule has 0 bridgehead atoms. The molecule has 0 aliphatic heterocycles. The van der Waals surface area contributed by atoms with E-state index in [-0.39, 0.29) is 16.3 Å². The fraction of sp³-hybridized carbons (Fsp3) is 0.208. The van der Waals surface area contributed by atoms with Gasteiger partial charge in [-0.3, -0.25) is 13.8 Å². The molecular formula is C24H27N3O7S2. The van der Waals surface area contributed by atoms with E-state index in [2.05, 4.69) is 10.0 Å². The molecule has 0 fully saturated rings. The van der Waals surface area contributed by atoms with Gasteiger partial charge in [-0.05, 0) is 67.6 Å². The molecule has 3 rings (SSSR count). The first-order chi connectivity index (χ1) is 17.0. The smallest absolute Gasteiger partial charge is 0.262 e. The van der Waals surface area contributed by atoms with E-state index in [1.807, 2.05) is 0 Å². The Morgan fingerprint density at radius 1 is 0.889 bits per heavy atom. The number of nitrogens with one attached hydrogen (secondary N) is 2. The largest absolute Gasteiger partial charge is 0.497 e. The Labute approximate surface area is 211 Å². The first-order valence-corrected chi connectivity index (χ1v) is 13.8. The monoisotopic (exact) mass is 533 g/mol. The van der Waals surface area contributed by atoms with Crippen LogP contribution in [-0.4, -0.2) is 49.8 Å². The summed E-state index contributed by atoms with van der Waals surface area (Å²) in [4.78, 5) is 12.6. The van der Waals surface area contributed by atoms with Crippen molar-refractivity contribution < 1.29 is 31.1 Å². The van der Waals surface area contributed by atoms with Gasteiger partial charge in [-0.1, -0.05) is 0 Å². The van der Waals surface area contributed by atoms with Gasteiger partial charge in [-0.25, -0.2) is 16.8 Å². The average molecular weight is 534 g/mol. The summed E-state index contributed by atoms with van der Waals surface area (Å²) < 4.78 is 63.7. The second kappa shape index (κ2) is 10.9. The fourth-order valence-electron chi connectivity index (χ4n) is 3.20. The number of amides is 1. The molecule has 0 atom stereocenters. The van der Waals surface area contributed by atoms with Gasteiger partial charge in [0.1, 0.15) is 11.5 Å². The summed E-state index contributed by atoms with van der Waals surface area (Å²) >= 11 is 0. The average Bonchev–Trinajstić information content (AvgIpc) is 2.88. The number of rotatable bonds is 10. The van der Waals surface area contributed by atoms with E-state index in [0.29, 0.717) is 28.4 Å². The number of methoxy groups -OCH3 is 2. The lowest BCUT2D eigenvalue weighted by molar-refractivity contribution is 0.102. The molecule has 1 amide bonds. The van der Waals surface area contributed by atoms with E-state index < -0.39 is 26.0 Å². The lowest BCUT2D eigenvalue weighted by Gasteiger charge is -2.18. The Hall–Kier alpha value is -3.77. The molecule has 2 N–H and O–H groups in total. The number of benzene rings is 3. The molecule has 0 aromatic heterocycles. The van der Waals surface area contributed by atoms with Crippen LogP contribution in [0.15, 0.2) is 71.6 Å². The van der Waals surface area contributed by atoms with Crippen molar-refractivity contribution in [3.8, 4) is 11.5 Å². The molecule has 3 aromatic rings. The maximum absolute atomic E-state index is 12.9. The molecular weight excluding hydrogens is 506 g/mol. The van der Waals surface area contributed by atoms with Gasteiger partial charge in [0, 0.05) is 24.4 Å². The van der Waals surface area contributed by atoms with Crippen LogP contribution < -0.4 is 23.8 Å². The number of nitrogens with zero attached hydrogens (tertiary/aromatic N) is 1.